The second-order valence-electron chi connectivity index (χ2n) is 7.78. The molecule has 0 bridgehead atoms. The fraction of sp³-hybridized carbons (Fsp3) is 0.259. The molecule has 0 saturated carbocycles. The molecule has 0 radical (unpaired) electrons. The minimum Gasteiger partial charge on any atom is -0.467 e. The van der Waals surface area contributed by atoms with Crippen molar-refractivity contribution in [1.82, 2.24) is 5.32 Å². The largest absolute Gasteiger partial charge is 0.467 e. The van der Waals surface area contributed by atoms with Crippen molar-refractivity contribution in [2.75, 3.05) is 7.11 Å². The van der Waals surface area contributed by atoms with Crippen molar-refractivity contribution in [3.63, 3.8) is 0 Å². The highest BCUT2D eigenvalue weighted by Crippen LogP contribution is 2.32. The molecular formula is C27H29NO3. The van der Waals surface area contributed by atoms with Gasteiger partial charge < -0.3 is 10.1 Å². The van der Waals surface area contributed by atoms with Gasteiger partial charge in [-0.15, -0.1) is 0 Å². The molecular weight excluding hydrogens is 386 g/mol. The summed E-state index contributed by atoms with van der Waals surface area (Å²) >= 11 is 0. The third kappa shape index (κ3) is 5.40. The Morgan fingerprint density at radius 3 is 1.81 bits per heavy atom. The normalized spacial score (nSPS) is 12.1. The summed E-state index contributed by atoms with van der Waals surface area (Å²) in [6.45, 7) is 1.89. The zero-order valence-corrected chi connectivity index (χ0v) is 18.1. The minimum atomic E-state index is -0.936. The highest BCUT2D eigenvalue weighted by Gasteiger charge is 2.39. The van der Waals surface area contributed by atoms with Crippen LogP contribution in [0.2, 0.25) is 0 Å². The van der Waals surface area contributed by atoms with Crippen molar-refractivity contribution in [3.05, 3.63) is 108 Å². The second kappa shape index (κ2) is 10.6. The molecule has 4 heteroatoms. The summed E-state index contributed by atoms with van der Waals surface area (Å²) in [5.41, 5.74) is 2.00. The van der Waals surface area contributed by atoms with Crippen molar-refractivity contribution in [2.45, 2.75) is 37.6 Å². The molecule has 160 valence electrons. The molecule has 1 atom stereocenters. The number of rotatable bonds is 9. The molecule has 3 aromatic rings. The molecule has 0 aliphatic rings. The predicted molar refractivity (Wildman–Crippen MR) is 123 cm³/mol. The Hall–Kier alpha value is -3.40. The first kappa shape index (κ1) is 22.3. The summed E-state index contributed by atoms with van der Waals surface area (Å²) in [5.74, 6) is -0.648. The number of aryl methyl sites for hydroxylation is 1. The predicted octanol–water partition coefficient (Wildman–Crippen LogP) is 4.67. The Labute approximate surface area is 184 Å². The van der Waals surface area contributed by atoms with Gasteiger partial charge in [-0.3, -0.25) is 4.79 Å². The Morgan fingerprint density at radius 1 is 0.839 bits per heavy atom. The monoisotopic (exact) mass is 415 g/mol. The molecule has 0 aliphatic carbocycles. The van der Waals surface area contributed by atoms with E-state index >= 15 is 0 Å². The summed E-state index contributed by atoms with van der Waals surface area (Å²) in [4.78, 5) is 26.1. The van der Waals surface area contributed by atoms with E-state index in [1.54, 1.807) is 0 Å². The van der Waals surface area contributed by atoms with Gasteiger partial charge in [-0.1, -0.05) is 91.0 Å². The van der Waals surface area contributed by atoms with Gasteiger partial charge in [0.25, 0.3) is 0 Å². The van der Waals surface area contributed by atoms with Crippen molar-refractivity contribution in [1.29, 1.82) is 0 Å². The van der Waals surface area contributed by atoms with Gasteiger partial charge in [0.1, 0.15) is 6.04 Å². The quantitative estimate of drug-likeness (QED) is 0.517. The van der Waals surface area contributed by atoms with Crippen LogP contribution in [0.1, 0.15) is 36.5 Å². The van der Waals surface area contributed by atoms with Crippen molar-refractivity contribution in [3.8, 4) is 0 Å². The molecule has 1 amide bonds. The zero-order chi connectivity index (χ0) is 22.1. The van der Waals surface area contributed by atoms with E-state index < -0.39 is 17.4 Å². The summed E-state index contributed by atoms with van der Waals surface area (Å²) in [6, 6.07) is 28.7. The van der Waals surface area contributed by atoms with Crippen LogP contribution >= 0.6 is 0 Å². The topological polar surface area (TPSA) is 55.4 Å². The smallest absolute Gasteiger partial charge is 0.328 e. The van der Waals surface area contributed by atoms with Gasteiger partial charge in [0.2, 0.25) is 5.91 Å². The Morgan fingerprint density at radius 2 is 1.32 bits per heavy atom. The van der Waals surface area contributed by atoms with Gasteiger partial charge in [-0.05, 0) is 42.9 Å². The SMILES string of the molecule is COC(=O)[C@H](CCCc1ccccc1)NC(=O)C(C)(c1ccccc1)c1ccccc1. The maximum Gasteiger partial charge on any atom is 0.328 e. The number of hydrogen-bond acceptors (Lipinski definition) is 3. The lowest BCUT2D eigenvalue weighted by Gasteiger charge is -2.31. The van der Waals surface area contributed by atoms with Gasteiger partial charge in [0.05, 0.1) is 12.5 Å². The molecule has 1 N–H and O–H groups in total. The maximum absolute atomic E-state index is 13.6. The van der Waals surface area contributed by atoms with Crippen LogP contribution in [-0.4, -0.2) is 25.0 Å². The van der Waals surface area contributed by atoms with E-state index in [1.165, 1.54) is 12.7 Å². The fourth-order valence-corrected chi connectivity index (χ4v) is 3.82. The standard InChI is InChI=1S/C27H29NO3/c1-27(22-16-8-4-9-17-22,23-18-10-5-11-19-23)26(30)28-24(25(29)31-2)20-12-15-21-13-6-3-7-14-21/h3-11,13-14,16-19,24H,12,15,20H2,1-2H3,(H,28,30)/t24-/m0/s1. The van der Waals surface area contributed by atoms with E-state index in [0.717, 1.165) is 24.0 Å². The number of hydrogen-bond donors (Lipinski definition) is 1. The summed E-state index contributed by atoms with van der Waals surface area (Å²) in [5, 5.41) is 2.98. The number of amides is 1. The van der Waals surface area contributed by atoms with Crippen LogP contribution in [0, 0.1) is 0 Å². The van der Waals surface area contributed by atoms with Gasteiger partial charge in [0, 0.05) is 0 Å². The summed E-state index contributed by atoms with van der Waals surface area (Å²) in [7, 11) is 1.35. The molecule has 4 nitrogen and oxygen atoms in total. The molecule has 0 spiro atoms. The van der Waals surface area contributed by atoms with E-state index in [-0.39, 0.29) is 5.91 Å². The molecule has 0 aromatic heterocycles. The number of methoxy groups -OCH3 is 1. The van der Waals surface area contributed by atoms with Crippen molar-refractivity contribution >= 4 is 11.9 Å². The molecule has 0 aliphatic heterocycles. The van der Waals surface area contributed by atoms with Crippen LogP contribution in [0.4, 0.5) is 0 Å². The lowest BCUT2D eigenvalue weighted by Crippen LogP contribution is -2.50. The minimum absolute atomic E-state index is 0.222. The van der Waals surface area contributed by atoms with E-state index in [0.29, 0.717) is 6.42 Å². The van der Waals surface area contributed by atoms with Crippen molar-refractivity contribution in [2.24, 2.45) is 0 Å². The molecule has 0 heterocycles. The molecule has 0 unspecified atom stereocenters. The highest BCUT2D eigenvalue weighted by atomic mass is 16.5. The number of carbonyl (C=O) groups is 2. The van der Waals surface area contributed by atoms with Crippen LogP contribution in [0.3, 0.4) is 0 Å². The molecule has 0 fully saturated rings. The number of nitrogens with one attached hydrogen (secondary N) is 1. The van der Waals surface area contributed by atoms with Gasteiger partial charge in [-0.25, -0.2) is 4.79 Å². The first-order valence-corrected chi connectivity index (χ1v) is 10.6. The Balaban J connectivity index is 1.81. The molecule has 3 rings (SSSR count). The fourth-order valence-electron chi connectivity index (χ4n) is 3.82. The van der Waals surface area contributed by atoms with Gasteiger partial charge in [-0.2, -0.15) is 0 Å². The Bertz CT molecular complexity index is 932. The second-order valence-corrected chi connectivity index (χ2v) is 7.78. The highest BCUT2D eigenvalue weighted by molar-refractivity contribution is 5.94. The van der Waals surface area contributed by atoms with E-state index in [2.05, 4.69) is 17.4 Å². The average Bonchev–Trinajstić information content (AvgIpc) is 2.84. The average molecular weight is 416 g/mol. The molecule has 31 heavy (non-hydrogen) atoms. The van der Waals surface area contributed by atoms with Crippen LogP contribution in [-0.2, 0) is 26.2 Å². The van der Waals surface area contributed by atoms with Gasteiger partial charge in [0.15, 0.2) is 0 Å². The Kier molecular flexibility index (Phi) is 7.60. The third-order valence-corrected chi connectivity index (χ3v) is 5.75. The van der Waals surface area contributed by atoms with Crippen LogP contribution in [0.15, 0.2) is 91.0 Å². The number of benzene rings is 3. The molecule has 3 aromatic carbocycles. The summed E-state index contributed by atoms with van der Waals surface area (Å²) < 4.78 is 4.99. The number of ether oxygens (including phenoxy) is 1. The maximum atomic E-state index is 13.6. The van der Waals surface area contributed by atoms with Crippen LogP contribution < -0.4 is 5.32 Å². The third-order valence-electron chi connectivity index (χ3n) is 5.75. The van der Waals surface area contributed by atoms with Crippen LogP contribution in [0.5, 0.6) is 0 Å². The van der Waals surface area contributed by atoms with Crippen molar-refractivity contribution < 1.29 is 14.3 Å². The zero-order valence-electron chi connectivity index (χ0n) is 18.1. The van der Waals surface area contributed by atoms with Gasteiger partial charge >= 0.3 is 5.97 Å². The number of esters is 1. The first-order chi connectivity index (χ1) is 15.1. The van der Waals surface area contributed by atoms with E-state index in [9.17, 15) is 9.59 Å². The first-order valence-electron chi connectivity index (χ1n) is 10.6. The van der Waals surface area contributed by atoms with E-state index in [1.807, 2.05) is 85.8 Å². The lowest BCUT2D eigenvalue weighted by atomic mass is 9.75. The number of carbonyl (C=O) groups excluding carboxylic acids is 2. The lowest BCUT2D eigenvalue weighted by molar-refractivity contribution is -0.145. The van der Waals surface area contributed by atoms with E-state index in [4.69, 9.17) is 4.74 Å². The molecule has 0 saturated heterocycles. The van der Waals surface area contributed by atoms with Crippen LogP contribution in [0.25, 0.3) is 0 Å². The summed E-state index contributed by atoms with van der Waals surface area (Å²) in [6.07, 6.45) is 2.10.